The summed E-state index contributed by atoms with van der Waals surface area (Å²) < 4.78 is 1.85. The van der Waals surface area contributed by atoms with Gasteiger partial charge >= 0.3 is 4.87 Å². The Balaban J connectivity index is 2.28. The molecule has 1 heterocycles. The van der Waals surface area contributed by atoms with Crippen molar-refractivity contribution >= 4 is 11.3 Å². The van der Waals surface area contributed by atoms with Crippen molar-refractivity contribution in [2.45, 2.75) is 33.2 Å². The van der Waals surface area contributed by atoms with Crippen LogP contribution in [0.2, 0.25) is 0 Å². The monoisotopic (exact) mass is 214 g/mol. The molecule has 0 saturated heterocycles. The van der Waals surface area contributed by atoms with E-state index in [0.717, 1.165) is 38.2 Å². The first-order valence-electron chi connectivity index (χ1n) is 5.11. The SMILES string of the molecule is CCCNCCCn1c(C)csc1=O. The van der Waals surface area contributed by atoms with E-state index in [1.54, 1.807) is 0 Å². The maximum absolute atomic E-state index is 11.3. The van der Waals surface area contributed by atoms with Gasteiger partial charge in [0, 0.05) is 17.6 Å². The lowest BCUT2D eigenvalue weighted by molar-refractivity contribution is 0.567. The van der Waals surface area contributed by atoms with E-state index in [9.17, 15) is 4.79 Å². The molecule has 0 spiro atoms. The molecule has 0 radical (unpaired) electrons. The Kier molecular flexibility index (Phi) is 4.90. The van der Waals surface area contributed by atoms with Crippen molar-refractivity contribution in [2.24, 2.45) is 0 Å². The summed E-state index contributed by atoms with van der Waals surface area (Å²) in [7, 11) is 0. The summed E-state index contributed by atoms with van der Waals surface area (Å²) in [6.45, 7) is 7.04. The van der Waals surface area contributed by atoms with Gasteiger partial charge in [0.1, 0.15) is 0 Å². The van der Waals surface area contributed by atoms with Crippen LogP contribution in [0.3, 0.4) is 0 Å². The van der Waals surface area contributed by atoms with Crippen LogP contribution in [-0.4, -0.2) is 17.7 Å². The minimum absolute atomic E-state index is 0.165. The van der Waals surface area contributed by atoms with Crippen LogP contribution >= 0.6 is 11.3 Å². The van der Waals surface area contributed by atoms with Gasteiger partial charge in [0.15, 0.2) is 0 Å². The highest BCUT2D eigenvalue weighted by Crippen LogP contribution is 1.99. The number of hydrogen-bond acceptors (Lipinski definition) is 3. The van der Waals surface area contributed by atoms with Crippen molar-refractivity contribution in [3.63, 3.8) is 0 Å². The Hall–Kier alpha value is -0.610. The van der Waals surface area contributed by atoms with Crippen LogP contribution in [0.25, 0.3) is 0 Å². The first-order chi connectivity index (χ1) is 6.75. The summed E-state index contributed by atoms with van der Waals surface area (Å²) in [6.07, 6.45) is 2.19. The van der Waals surface area contributed by atoms with E-state index in [1.165, 1.54) is 11.3 Å². The summed E-state index contributed by atoms with van der Waals surface area (Å²) in [6, 6.07) is 0. The minimum atomic E-state index is 0.165. The third-order valence-corrected chi connectivity index (χ3v) is 3.02. The molecule has 1 N–H and O–H groups in total. The fourth-order valence-corrected chi connectivity index (χ4v) is 2.10. The van der Waals surface area contributed by atoms with Crippen LogP contribution in [0.1, 0.15) is 25.5 Å². The van der Waals surface area contributed by atoms with E-state index in [2.05, 4.69) is 12.2 Å². The Bertz CT molecular complexity index is 316. The second-order valence-corrected chi connectivity index (χ2v) is 4.22. The van der Waals surface area contributed by atoms with Crippen molar-refractivity contribution in [3.05, 3.63) is 20.7 Å². The van der Waals surface area contributed by atoms with Gasteiger partial charge in [0.2, 0.25) is 0 Å². The molecule has 14 heavy (non-hydrogen) atoms. The maximum atomic E-state index is 11.3. The van der Waals surface area contributed by atoms with Crippen LogP contribution in [0, 0.1) is 6.92 Å². The zero-order chi connectivity index (χ0) is 10.4. The summed E-state index contributed by atoms with van der Waals surface area (Å²) in [4.78, 5) is 11.5. The normalized spacial score (nSPS) is 10.7. The molecule has 0 atom stereocenters. The first kappa shape index (κ1) is 11.5. The molecule has 3 nitrogen and oxygen atoms in total. The van der Waals surface area contributed by atoms with Crippen molar-refractivity contribution < 1.29 is 0 Å². The van der Waals surface area contributed by atoms with E-state index >= 15 is 0 Å². The molecule has 0 aliphatic heterocycles. The summed E-state index contributed by atoms with van der Waals surface area (Å²) in [5, 5.41) is 5.24. The molecule has 0 aliphatic rings. The van der Waals surface area contributed by atoms with Crippen LogP contribution in [0.4, 0.5) is 0 Å². The number of hydrogen-bond donors (Lipinski definition) is 1. The van der Waals surface area contributed by atoms with Crippen molar-refractivity contribution in [1.29, 1.82) is 0 Å². The number of aryl methyl sites for hydroxylation is 1. The molecule has 0 fully saturated rings. The van der Waals surface area contributed by atoms with Gasteiger partial charge in [0.05, 0.1) is 0 Å². The molecule has 0 aromatic carbocycles. The molecular formula is C10H18N2OS. The average Bonchev–Trinajstić information content (AvgIpc) is 2.48. The van der Waals surface area contributed by atoms with E-state index in [-0.39, 0.29) is 4.87 Å². The topological polar surface area (TPSA) is 34.0 Å². The van der Waals surface area contributed by atoms with Gasteiger partial charge in [-0.3, -0.25) is 4.79 Å². The number of aromatic nitrogens is 1. The molecule has 0 unspecified atom stereocenters. The number of nitrogens with zero attached hydrogens (tertiary/aromatic N) is 1. The van der Waals surface area contributed by atoms with Gasteiger partial charge in [-0.2, -0.15) is 0 Å². The summed E-state index contributed by atoms with van der Waals surface area (Å²) >= 11 is 1.29. The third-order valence-electron chi connectivity index (χ3n) is 2.14. The summed E-state index contributed by atoms with van der Waals surface area (Å²) in [5.74, 6) is 0. The highest BCUT2D eigenvalue weighted by atomic mass is 32.1. The van der Waals surface area contributed by atoms with Gasteiger partial charge in [-0.15, -0.1) is 0 Å². The lowest BCUT2D eigenvalue weighted by Crippen LogP contribution is -2.21. The Morgan fingerprint density at radius 2 is 2.29 bits per heavy atom. The summed E-state index contributed by atoms with van der Waals surface area (Å²) in [5.41, 5.74) is 1.08. The number of rotatable bonds is 6. The fourth-order valence-electron chi connectivity index (χ4n) is 1.34. The van der Waals surface area contributed by atoms with Gasteiger partial charge < -0.3 is 9.88 Å². The van der Waals surface area contributed by atoms with Gasteiger partial charge in [0.25, 0.3) is 0 Å². The second-order valence-electron chi connectivity index (χ2n) is 3.40. The van der Waals surface area contributed by atoms with Crippen LogP contribution in [-0.2, 0) is 6.54 Å². The van der Waals surface area contributed by atoms with Crippen LogP contribution in [0.15, 0.2) is 10.2 Å². The third kappa shape index (κ3) is 3.27. The molecule has 0 bridgehead atoms. The Morgan fingerprint density at radius 1 is 1.50 bits per heavy atom. The Labute approximate surface area is 88.8 Å². The van der Waals surface area contributed by atoms with Crippen LogP contribution in [0.5, 0.6) is 0 Å². The lowest BCUT2D eigenvalue weighted by atomic mass is 10.4. The molecule has 0 aliphatic carbocycles. The average molecular weight is 214 g/mol. The number of thiazole rings is 1. The molecule has 1 rings (SSSR count). The lowest BCUT2D eigenvalue weighted by Gasteiger charge is -2.04. The van der Waals surface area contributed by atoms with Crippen molar-refractivity contribution in [1.82, 2.24) is 9.88 Å². The zero-order valence-electron chi connectivity index (χ0n) is 8.88. The van der Waals surface area contributed by atoms with E-state index in [0.29, 0.717) is 0 Å². The number of nitrogens with one attached hydrogen (secondary N) is 1. The van der Waals surface area contributed by atoms with Crippen LogP contribution < -0.4 is 10.2 Å². The highest BCUT2D eigenvalue weighted by Gasteiger charge is 2.00. The van der Waals surface area contributed by atoms with E-state index < -0.39 is 0 Å². The van der Waals surface area contributed by atoms with E-state index in [4.69, 9.17) is 0 Å². The predicted molar refractivity (Wildman–Crippen MR) is 61.1 cm³/mol. The minimum Gasteiger partial charge on any atom is -0.317 e. The zero-order valence-corrected chi connectivity index (χ0v) is 9.69. The van der Waals surface area contributed by atoms with Gasteiger partial charge in [-0.1, -0.05) is 18.3 Å². The quantitative estimate of drug-likeness (QED) is 0.730. The van der Waals surface area contributed by atoms with Crippen molar-refractivity contribution in [2.75, 3.05) is 13.1 Å². The molecule has 1 aromatic heterocycles. The molecular weight excluding hydrogens is 196 g/mol. The smallest absolute Gasteiger partial charge is 0.307 e. The fraction of sp³-hybridized carbons (Fsp3) is 0.700. The second kappa shape index (κ2) is 5.98. The predicted octanol–water partition coefficient (Wildman–Crippen LogP) is 1.61. The molecule has 0 amide bonds. The van der Waals surface area contributed by atoms with E-state index in [1.807, 2.05) is 16.9 Å². The first-order valence-corrected chi connectivity index (χ1v) is 5.99. The molecule has 1 aromatic rings. The Morgan fingerprint density at radius 3 is 2.86 bits per heavy atom. The van der Waals surface area contributed by atoms with Gasteiger partial charge in [-0.05, 0) is 32.9 Å². The highest BCUT2D eigenvalue weighted by molar-refractivity contribution is 7.07. The molecule has 0 saturated carbocycles. The van der Waals surface area contributed by atoms with Crippen molar-refractivity contribution in [3.8, 4) is 0 Å². The standard InChI is InChI=1S/C10H18N2OS/c1-3-5-11-6-4-7-12-9(2)8-14-10(12)13/h8,11H,3-7H2,1-2H3. The molecule has 4 heteroatoms. The largest absolute Gasteiger partial charge is 0.317 e. The maximum Gasteiger partial charge on any atom is 0.307 e. The van der Waals surface area contributed by atoms with Gasteiger partial charge in [-0.25, -0.2) is 0 Å². The molecule has 80 valence electrons.